The first-order chi connectivity index (χ1) is 13.0. The number of hydrogen-bond donors (Lipinski definition) is 2. The lowest BCUT2D eigenvalue weighted by Crippen LogP contribution is -2.40. The number of nitrogens with one attached hydrogen (secondary N) is 2. The van der Waals surface area contributed by atoms with E-state index in [4.69, 9.17) is 27.9 Å². The van der Waals surface area contributed by atoms with E-state index in [2.05, 4.69) is 10.6 Å². The minimum absolute atomic E-state index is 0.0400. The van der Waals surface area contributed by atoms with E-state index < -0.39 is 0 Å². The van der Waals surface area contributed by atoms with E-state index in [1.807, 2.05) is 0 Å². The molecule has 1 aliphatic heterocycles. The summed E-state index contributed by atoms with van der Waals surface area (Å²) < 4.78 is 5.27. The topological polar surface area (TPSA) is 70.7 Å². The van der Waals surface area contributed by atoms with E-state index in [1.165, 1.54) is 0 Å². The average molecular weight is 408 g/mol. The van der Waals surface area contributed by atoms with Gasteiger partial charge in [0.25, 0.3) is 5.91 Å². The smallest absolute Gasteiger partial charge is 0.254 e. The van der Waals surface area contributed by atoms with Crippen LogP contribution in [0.3, 0.4) is 0 Å². The first-order valence-electron chi connectivity index (χ1n) is 8.48. The van der Waals surface area contributed by atoms with Crippen molar-refractivity contribution in [1.29, 1.82) is 0 Å². The predicted octanol–water partition coefficient (Wildman–Crippen LogP) is 3.52. The Morgan fingerprint density at radius 1 is 1.00 bits per heavy atom. The maximum atomic E-state index is 12.5. The van der Waals surface area contributed by atoms with Gasteiger partial charge in [0.15, 0.2) is 0 Å². The molecule has 0 aromatic heterocycles. The summed E-state index contributed by atoms with van der Waals surface area (Å²) in [5.41, 5.74) is 1.74. The number of carbonyl (C=O) groups excluding carboxylic acids is 2. The second kappa shape index (κ2) is 9.08. The van der Waals surface area contributed by atoms with Crippen molar-refractivity contribution in [3.63, 3.8) is 0 Å². The molecule has 0 radical (unpaired) electrons. The molecule has 0 spiro atoms. The van der Waals surface area contributed by atoms with E-state index in [-0.39, 0.29) is 18.4 Å². The SMILES string of the molecule is O=C(CNc1cc(Cl)cc(Cl)c1)Nc1cccc(C(=O)N2CCOCC2)c1. The zero-order valence-electron chi connectivity index (χ0n) is 14.5. The first kappa shape index (κ1) is 19.5. The number of rotatable bonds is 5. The fourth-order valence-electron chi connectivity index (χ4n) is 2.72. The highest BCUT2D eigenvalue weighted by Crippen LogP contribution is 2.22. The van der Waals surface area contributed by atoms with Crippen LogP contribution in [0.15, 0.2) is 42.5 Å². The largest absolute Gasteiger partial charge is 0.378 e. The second-order valence-electron chi connectivity index (χ2n) is 6.05. The third kappa shape index (κ3) is 5.60. The van der Waals surface area contributed by atoms with Gasteiger partial charge in [-0.25, -0.2) is 0 Å². The van der Waals surface area contributed by atoms with Crippen molar-refractivity contribution in [3.05, 3.63) is 58.1 Å². The summed E-state index contributed by atoms with van der Waals surface area (Å²) in [6.45, 7) is 2.27. The Morgan fingerprint density at radius 3 is 2.41 bits per heavy atom. The molecule has 0 aliphatic carbocycles. The lowest BCUT2D eigenvalue weighted by atomic mass is 10.1. The van der Waals surface area contributed by atoms with Gasteiger partial charge >= 0.3 is 0 Å². The summed E-state index contributed by atoms with van der Waals surface area (Å²) in [6, 6.07) is 11.9. The summed E-state index contributed by atoms with van der Waals surface area (Å²) in [5, 5.41) is 6.71. The maximum absolute atomic E-state index is 12.5. The van der Waals surface area contributed by atoms with Crippen LogP contribution in [0.1, 0.15) is 10.4 Å². The highest BCUT2D eigenvalue weighted by Gasteiger charge is 2.18. The van der Waals surface area contributed by atoms with Gasteiger partial charge in [-0.1, -0.05) is 29.3 Å². The van der Waals surface area contributed by atoms with Crippen molar-refractivity contribution >= 4 is 46.4 Å². The van der Waals surface area contributed by atoms with Crippen molar-refractivity contribution in [2.75, 3.05) is 43.5 Å². The lowest BCUT2D eigenvalue weighted by molar-refractivity contribution is -0.114. The predicted molar refractivity (Wildman–Crippen MR) is 107 cm³/mol. The molecular formula is C19H19Cl2N3O3. The molecule has 1 saturated heterocycles. The minimum atomic E-state index is -0.248. The molecular weight excluding hydrogens is 389 g/mol. The van der Waals surface area contributed by atoms with Crippen molar-refractivity contribution in [3.8, 4) is 0 Å². The molecule has 2 amide bonds. The summed E-state index contributed by atoms with van der Waals surface area (Å²) >= 11 is 11.9. The molecule has 0 bridgehead atoms. The number of benzene rings is 2. The van der Waals surface area contributed by atoms with E-state index in [1.54, 1.807) is 47.4 Å². The maximum Gasteiger partial charge on any atom is 0.254 e. The number of halogens is 2. The zero-order valence-corrected chi connectivity index (χ0v) is 16.0. The van der Waals surface area contributed by atoms with Crippen molar-refractivity contribution in [2.45, 2.75) is 0 Å². The van der Waals surface area contributed by atoms with Crippen LogP contribution in [0.25, 0.3) is 0 Å². The van der Waals surface area contributed by atoms with Crippen molar-refractivity contribution in [1.82, 2.24) is 4.90 Å². The molecule has 0 atom stereocenters. The number of nitrogens with zero attached hydrogens (tertiary/aromatic N) is 1. The minimum Gasteiger partial charge on any atom is -0.378 e. The Kier molecular flexibility index (Phi) is 6.55. The van der Waals surface area contributed by atoms with E-state index in [9.17, 15) is 9.59 Å². The van der Waals surface area contributed by atoms with Crippen LogP contribution in [0.2, 0.25) is 10.0 Å². The van der Waals surface area contributed by atoms with Gasteiger partial charge in [0.05, 0.1) is 19.8 Å². The normalized spacial score (nSPS) is 13.9. The van der Waals surface area contributed by atoms with Gasteiger partial charge in [0, 0.05) is 40.1 Å². The van der Waals surface area contributed by atoms with Gasteiger partial charge in [-0.15, -0.1) is 0 Å². The fourth-order valence-corrected chi connectivity index (χ4v) is 3.25. The molecule has 0 unspecified atom stereocenters. The van der Waals surface area contributed by atoms with Gasteiger partial charge in [-0.2, -0.15) is 0 Å². The molecule has 1 aliphatic rings. The molecule has 8 heteroatoms. The zero-order chi connectivity index (χ0) is 19.2. The third-order valence-electron chi connectivity index (χ3n) is 4.01. The number of ether oxygens (including phenoxy) is 1. The van der Waals surface area contributed by atoms with Crippen LogP contribution >= 0.6 is 23.2 Å². The Hall–Kier alpha value is -2.28. The third-order valence-corrected chi connectivity index (χ3v) is 4.44. The highest BCUT2D eigenvalue weighted by molar-refractivity contribution is 6.35. The standard InChI is InChI=1S/C19H19Cl2N3O3/c20-14-9-15(21)11-17(10-14)22-12-18(25)23-16-3-1-2-13(8-16)19(26)24-4-6-27-7-5-24/h1-3,8-11,22H,4-7,12H2,(H,23,25). The van der Waals surface area contributed by atoms with Gasteiger partial charge in [0.2, 0.25) is 5.91 Å². The van der Waals surface area contributed by atoms with Gasteiger partial charge < -0.3 is 20.3 Å². The lowest BCUT2D eigenvalue weighted by Gasteiger charge is -2.27. The van der Waals surface area contributed by atoms with Crippen LogP contribution in [0.5, 0.6) is 0 Å². The number of hydrogen-bond acceptors (Lipinski definition) is 4. The van der Waals surface area contributed by atoms with Crippen LogP contribution in [-0.2, 0) is 9.53 Å². The van der Waals surface area contributed by atoms with Gasteiger partial charge in [-0.3, -0.25) is 9.59 Å². The van der Waals surface area contributed by atoms with Gasteiger partial charge in [0.1, 0.15) is 0 Å². The number of carbonyl (C=O) groups is 2. The molecule has 3 rings (SSSR count). The summed E-state index contributed by atoms with van der Waals surface area (Å²) in [7, 11) is 0. The first-order valence-corrected chi connectivity index (χ1v) is 9.24. The molecule has 6 nitrogen and oxygen atoms in total. The molecule has 2 aromatic carbocycles. The number of morpholine rings is 1. The highest BCUT2D eigenvalue weighted by atomic mass is 35.5. The quantitative estimate of drug-likeness (QED) is 0.795. The van der Waals surface area contributed by atoms with E-state index in [0.29, 0.717) is 53.3 Å². The van der Waals surface area contributed by atoms with Crippen LogP contribution in [0, 0.1) is 0 Å². The number of amides is 2. The Balaban J connectivity index is 1.58. The molecule has 1 heterocycles. The van der Waals surface area contributed by atoms with Crippen molar-refractivity contribution in [2.24, 2.45) is 0 Å². The summed E-state index contributed by atoms with van der Waals surface area (Å²) in [5.74, 6) is -0.317. The summed E-state index contributed by atoms with van der Waals surface area (Å²) in [6.07, 6.45) is 0. The molecule has 0 saturated carbocycles. The Bertz CT molecular complexity index is 818. The van der Waals surface area contributed by atoms with Crippen LogP contribution < -0.4 is 10.6 Å². The Labute approximate surface area is 167 Å². The summed E-state index contributed by atoms with van der Waals surface area (Å²) in [4.78, 5) is 26.5. The van der Waals surface area contributed by atoms with Crippen LogP contribution in [0.4, 0.5) is 11.4 Å². The molecule has 2 N–H and O–H groups in total. The van der Waals surface area contributed by atoms with E-state index in [0.717, 1.165) is 0 Å². The molecule has 2 aromatic rings. The second-order valence-corrected chi connectivity index (χ2v) is 6.92. The average Bonchev–Trinajstić information content (AvgIpc) is 2.66. The molecule has 1 fully saturated rings. The van der Waals surface area contributed by atoms with Gasteiger partial charge in [-0.05, 0) is 36.4 Å². The number of anilines is 2. The molecule has 27 heavy (non-hydrogen) atoms. The Morgan fingerprint density at radius 2 is 1.70 bits per heavy atom. The fraction of sp³-hybridized carbons (Fsp3) is 0.263. The van der Waals surface area contributed by atoms with E-state index >= 15 is 0 Å². The molecule has 142 valence electrons. The van der Waals surface area contributed by atoms with Crippen LogP contribution in [-0.4, -0.2) is 49.6 Å². The monoisotopic (exact) mass is 407 g/mol. The van der Waals surface area contributed by atoms with Crippen molar-refractivity contribution < 1.29 is 14.3 Å².